The number of amides is 1. The Morgan fingerprint density at radius 1 is 1.33 bits per heavy atom. The van der Waals surface area contributed by atoms with E-state index in [9.17, 15) is 9.59 Å². The van der Waals surface area contributed by atoms with Gasteiger partial charge in [0.15, 0.2) is 14.1 Å². The minimum Gasteiger partial charge on any atom is -0.412 e. The Labute approximate surface area is 166 Å². The van der Waals surface area contributed by atoms with Gasteiger partial charge in [-0.05, 0) is 51.4 Å². The van der Waals surface area contributed by atoms with E-state index < -0.39 is 8.32 Å². The largest absolute Gasteiger partial charge is 0.412 e. The Hall–Kier alpha value is -0.983. The van der Waals surface area contributed by atoms with E-state index in [0.29, 0.717) is 13.0 Å². The van der Waals surface area contributed by atoms with Crippen LogP contribution in [0.4, 0.5) is 0 Å². The molecule has 1 aliphatic carbocycles. The lowest BCUT2D eigenvalue weighted by atomic mass is 9.99. The van der Waals surface area contributed by atoms with Crippen LogP contribution in [0.2, 0.25) is 18.1 Å². The van der Waals surface area contributed by atoms with Gasteiger partial charge in [-0.15, -0.1) is 0 Å². The summed E-state index contributed by atoms with van der Waals surface area (Å²) < 4.78 is 6.55. The molecule has 2 aliphatic rings. The van der Waals surface area contributed by atoms with E-state index in [2.05, 4.69) is 45.3 Å². The second kappa shape index (κ2) is 8.58. The highest BCUT2D eigenvalue weighted by Gasteiger charge is 2.46. The summed E-state index contributed by atoms with van der Waals surface area (Å²) in [6.07, 6.45) is 5.68. The van der Waals surface area contributed by atoms with Crippen molar-refractivity contribution in [3.05, 3.63) is 11.6 Å². The van der Waals surface area contributed by atoms with Crippen LogP contribution < -0.4 is 5.32 Å². The van der Waals surface area contributed by atoms with Gasteiger partial charge in [0, 0.05) is 19.5 Å². The highest BCUT2D eigenvalue weighted by molar-refractivity contribution is 6.74. The number of carbonyl (C=O) groups is 2. The highest BCUT2D eigenvalue weighted by Crippen LogP contribution is 2.40. The summed E-state index contributed by atoms with van der Waals surface area (Å²) in [5.41, 5.74) is 1.23. The van der Waals surface area contributed by atoms with Crippen LogP contribution in [-0.2, 0) is 14.0 Å². The summed E-state index contributed by atoms with van der Waals surface area (Å²) >= 11 is 0. The van der Waals surface area contributed by atoms with Gasteiger partial charge in [-0.3, -0.25) is 9.59 Å². The summed E-state index contributed by atoms with van der Waals surface area (Å²) in [6, 6.07) is -0.335. The van der Waals surface area contributed by atoms with E-state index in [1.54, 1.807) is 6.92 Å². The minimum atomic E-state index is -1.93. The maximum atomic E-state index is 13.3. The van der Waals surface area contributed by atoms with Crippen molar-refractivity contribution in [1.29, 1.82) is 0 Å². The lowest BCUT2D eigenvalue weighted by molar-refractivity contribution is -0.139. The fourth-order valence-electron chi connectivity index (χ4n) is 3.93. The molecule has 6 heteroatoms. The molecule has 1 amide bonds. The molecule has 0 aromatic rings. The van der Waals surface area contributed by atoms with Gasteiger partial charge < -0.3 is 14.6 Å². The van der Waals surface area contributed by atoms with Gasteiger partial charge in [-0.2, -0.15) is 0 Å². The Bertz CT molecular complexity index is 595. The van der Waals surface area contributed by atoms with E-state index in [1.807, 2.05) is 11.9 Å². The first-order valence-corrected chi connectivity index (χ1v) is 13.2. The summed E-state index contributed by atoms with van der Waals surface area (Å²) in [4.78, 5) is 27.4. The van der Waals surface area contributed by atoms with Crippen molar-refractivity contribution in [2.75, 3.05) is 20.1 Å². The van der Waals surface area contributed by atoms with Crippen LogP contribution in [-0.4, -0.2) is 57.2 Å². The molecule has 5 nitrogen and oxygen atoms in total. The number of hydrogen-bond donors (Lipinski definition) is 1. The van der Waals surface area contributed by atoms with Crippen molar-refractivity contribution in [3.63, 3.8) is 0 Å². The number of carbonyl (C=O) groups excluding carboxylic acids is 2. The van der Waals surface area contributed by atoms with Gasteiger partial charge in [-0.25, -0.2) is 0 Å². The average Bonchev–Trinajstić information content (AvgIpc) is 3.17. The molecule has 1 saturated heterocycles. The first-order valence-electron chi connectivity index (χ1n) is 10.3. The van der Waals surface area contributed by atoms with E-state index in [0.717, 1.165) is 25.8 Å². The second-order valence-corrected chi connectivity index (χ2v) is 14.4. The third-order valence-corrected chi connectivity index (χ3v) is 11.1. The van der Waals surface area contributed by atoms with Crippen molar-refractivity contribution < 1.29 is 14.0 Å². The lowest BCUT2D eigenvalue weighted by Crippen LogP contribution is -2.45. The van der Waals surface area contributed by atoms with Gasteiger partial charge >= 0.3 is 0 Å². The highest BCUT2D eigenvalue weighted by atomic mass is 28.4. The normalized spacial score (nSPS) is 28.2. The molecule has 1 heterocycles. The zero-order chi connectivity index (χ0) is 20.4. The topological polar surface area (TPSA) is 58.6 Å². The summed E-state index contributed by atoms with van der Waals surface area (Å²) in [5.74, 6) is 0.131. The number of ketones is 1. The Morgan fingerprint density at radius 3 is 2.56 bits per heavy atom. The molecule has 0 bridgehead atoms. The molecule has 1 saturated carbocycles. The van der Waals surface area contributed by atoms with Gasteiger partial charge in [0.25, 0.3) is 0 Å². The first-order chi connectivity index (χ1) is 12.5. The van der Waals surface area contributed by atoms with Crippen molar-refractivity contribution in [2.24, 2.45) is 5.92 Å². The predicted molar refractivity (Wildman–Crippen MR) is 112 cm³/mol. The van der Waals surface area contributed by atoms with E-state index in [1.165, 1.54) is 5.57 Å². The molecule has 0 spiro atoms. The van der Waals surface area contributed by atoms with Crippen LogP contribution in [0.1, 0.15) is 53.4 Å². The number of nitrogens with zero attached hydrogens (tertiary/aromatic N) is 1. The molecule has 1 N–H and O–H groups in total. The predicted octanol–water partition coefficient (Wildman–Crippen LogP) is 3.51. The second-order valence-electron chi connectivity index (χ2n) is 9.63. The van der Waals surface area contributed by atoms with Crippen LogP contribution in [0.5, 0.6) is 0 Å². The standard InChI is InChI=1S/C21H38N2O3Si/c1-15(24)19-13-17(26-27(6,7)21(2,3)4)14-23(19)20(25)18-10-8-9-16(18)11-12-22-5/h11,17-19,22H,8-10,12-14H2,1-7H3/b16-11+/t17-,18?,19+/m1/s1. The van der Waals surface area contributed by atoms with Crippen molar-refractivity contribution >= 4 is 20.0 Å². The van der Waals surface area contributed by atoms with Crippen LogP contribution in [0.25, 0.3) is 0 Å². The Kier molecular flexibility index (Phi) is 7.09. The van der Waals surface area contributed by atoms with Crippen LogP contribution >= 0.6 is 0 Å². The Balaban J connectivity index is 2.15. The minimum absolute atomic E-state index is 0.0325. The van der Waals surface area contributed by atoms with Crippen molar-refractivity contribution in [3.8, 4) is 0 Å². The van der Waals surface area contributed by atoms with E-state index >= 15 is 0 Å². The maximum absolute atomic E-state index is 13.3. The summed E-state index contributed by atoms with van der Waals surface area (Å²) in [6.45, 7) is 14.1. The molecule has 0 aromatic heterocycles. The number of rotatable bonds is 6. The van der Waals surface area contributed by atoms with Crippen LogP contribution in [0.15, 0.2) is 11.6 Å². The molecule has 1 unspecified atom stereocenters. The number of likely N-dealkylation sites (N-methyl/N-ethyl adjacent to an activating group) is 1. The number of likely N-dealkylation sites (tertiary alicyclic amines) is 1. The van der Waals surface area contributed by atoms with Gasteiger partial charge in [0.05, 0.1) is 18.1 Å². The van der Waals surface area contributed by atoms with Crippen LogP contribution in [0.3, 0.4) is 0 Å². The average molecular weight is 395 g/mol. The number of nitrogens with one attached hydrogen (secondary N) is 1. The fourth-order valence-corrected chi connectivity index (χ4v) is 5.29. The zero-order valence-electron chi connectivity index (χ0n) is 18.2. The third-order valence-electron chi connectivity index (χ3n) is 6.55. The molecule has 2 fully saturated rings. The molecular formula is C21H38N2O3Si. The van der Waals surface area contributed by atoms with E-state index in [-0.39, 0.29) is 34.8 Å². The third kappa shape index (κ3) is 5.09. The molecule has 3 atom stereocenters. The summed E-state index contributed by atoms with van der Waals surface area (Å²) in [7, 11) is -0.0156. The molecule has 2 rings (SSSR count). The van der Waals surface area contributed by atoms with Gasteiger partial charge in [0.1, 0.15) is 0 Å². The summed E-state index contributed by atoms with van der Waals surface area (Å²) in [5, 5.41) is 3.24. The monoisotopic (exact) mass is 394 g/mol. The molecular weight excluding hydrogens is 356 g/mol. The maximum Gasteiger partial charge on any atom is 0.230 e. The SMILES string of the molecule is CNC/C=C1\CCCC1C(=O)N1C[C@H](O[Si](C)(C)C(C)(C)C)C[C@H]1C(C)=O. The number of hydrogen-bond acceptors (Lipinski definition) is 4. The first kappa shape index (κ1) is 22.3. The zero-order valence-corrected chi connectivity index (χ0v) is 19.2. The molecule has 27 heavy (non-hydrogen) atoms. The quantitative estimate of drug-likeness (QED) is 0.553. The Morgan fingerprint density at radius 2 is 2.00 bits per heavy atom. The fraction of sp³-hybridized carbons (Fsp3) is 0.810. The molecule has 154 valence electrons. The number of Topliss-reactive ketones (excluding diaryl/α,β-unsaturated/α-hetero) is 1. The van der Waals surface area contributed by atoms with Crippen LogP contribution in [0, 0.1) is 5.92 Å². The smallest absolute Gasteiger partial charge is 0.230 e. The molecule has 0 aromatic carbocycles. The lowest BCUT2D eigenvalue weighted by Gasteiger charge is -2.38. The van der Waals surface area contributed by atoms with Gasteiger partial charge in [0.2, 0.25) is 5.91 Å². The van der Waals surface area contributed by atoms with Gasteiger partial charge in [-0.1, -0.05) is 32.4 Å². The van der Waals surface area contributed by atoms with Crippen molar-refractivity contribution in [1.82, 2.24) is 10.2 Å². The molecule has 0 radical (unpaired) electrons. The van der Waals surface area contributed by atoms with E-state index in [4.69, 9.17) is 4.43 Å². The van der Waals surface area contributed by atoms with Crippen molar-refractivity contribution in [2.45, 2.75) is 83.7 Å². The molecule has 1 aliphatic heterocycles.